The van der Waals surface area contributed by atoms with E-state index in [4.69, 9.17) is 0 Å². The smallest absolute Gasteiger partial charge is 0.222 e. The first-order valence-electron chi connectivity index (χ1n) is 9.22. The molecule has 0 aromatic heterocycles. The summed E-state index contributed by atoms with van der Waals surface area (Å²) in [6.45, 7) is 2.82. The van der Waals surface area contributed by atoms with Gasteiger partial charge in [0.2, 0.25) is 5.91 Å². The number of nitrogens with zero attached hydrogens (tertiary/aromatic N) is 2. The fourth-order valence-electron chi connectivity index (χ4n) is 4.62. The van der Waals surface area contributed by atoms with Crippen LogP contribution >= 0.6 is 0 Å². The molecule has 1 amide bonds. The van der Waals surface area contributed by atoms with Gasteiger partial charge in [-0.25, -0.2) is 4.39 Å². The zero-order valence-corrected chi connectivity index (χ0v) is 14.1. The summed E-state index contributed by atoms with van der Waals surface area (Å²) in [5.41, 5.74) is 0.652. The lowest BCUT2D eigenvalue weighted by Gasteiger charge is -2.37. The first-order chi connectivity index (χ1) is 11.7. The minimum atomic E-state index is -0.178. The number of nitrogens with one attached hydrogen (secondary N) is 1. The minimum Gasteiger partial charge on any atom is -0.366 e. The van der Waals surface area contributed by atoms with Crippen LogP contribution in [0.1, 0.15) is 32.1 Å². The normalized spacial score (nSPS) is 29.8. The van der Waals surface area contributed by atoms with Crippen LogP contribution in [0.3, 0.4) is 0 Å². The molecule has 1 N–H and O–H groups in total. The predicted octanol–water partition coefficient (Wildman–Crippen LogP) is 2.40. The summed E-state index contributed by atoms with van der Waals surface area (Å²) in [5, 5.41) is 3.64. The van der Waals surface area contributed by atoms with Crippen molar-refractivity contribution < 1.29 is 9.18 Å². The first kappa shape index (κ1) is 15.9. The third kappa shape index (κ3) is 3.27. The molecule has 4 rings (SSSR count). The van der Waals surface area contributed by atoms with E-state index in [2.05, 4.69) is 5.32 Å². The molecule has 4 nitrogen and oxygen atoms in total. The zero-order valence-electron chi connectivity index (χ0n) is 14.1. The van der Waals surface area contributed by atoms with Crippen molar-refractivity contribution in [2.24, 2.45) is 5.92 Å². The second kappa shape index (κ2) is 6.71. The average Bonchev–Trinajstić information content (AvgIpc) is 2.94. The highest BCUT2D eigenvalue weighted by atomic mass is 19.1. The minimum absolute atomic E-state index is 0.178. The molecule has 1 aromatic carbocycles. The Hall–Kier alpha value is -1.62. The van der Waals surface area contributed by atoms with Gasteiger partial charge in [0.25, 0.3) is 0 Å². The Bertz CT molecular complexity index is 588. The van der Waals surface area contributed by atoms with Gasteiger partial charge in [-0.1, -0.05) is 12.1 Å². The predicted molar refractivity (Wildman–Crippen MR) is 92.5 cm³/mol. The van der Waals surface area contributed by atoms with E-state index in [1.54, 1.807) is 6.07 Å². The average molecular weight is 331 g/mol. The van der Waals surface area contributed by atoms with Crippen molar-refractivity contribution in [2.75, 3.05) is 31.1 Å². The quantitative estimate of drug-likeness (QED) is 0.924. The maximum absolute atomic E-state index is 13.9. The summed E-state index contributed by atoms with van der Waals surface area (Å²) in [4.78, 5) is 16.6. The summed E-state index contributed by atoms with van der Waals surface area (Å²) in [7, 11) is 0. The molecule has 3 fully saturated rings. The SMILES string of the molecule is O=C(CC1CC2CCC(C1)N2)N1CCN(c2ccccc2F)CC1. The van der Waals surface area contributed by atoms with Crippen molar-refractivity contribution in [3.8, 4) is 0 Å². The van der Waals surface area contributed by atoms with Crippen LogP contribution in [0, 0.1) is 11.7 Å². The zero-order chi connectivity index (χ0) is 16.5. The van der Waals surface area contributed by atoms with Crippen molar-refractivity contribution in [1.82, 2.24) is 10.2 Å². The van der Waals surface area contributed by atoms with Crippen molar-refractivity contribution in [3.05, 3.63) is 30.1 Å². The van der Waals surface area contributed by atoms with E-state index in [9.17, 15) is 9.18 Å². The Labute approximate surface area is 143 Å². The standard InChI is InChI=1S/C19H26FN3O/c20-17-3-1-2-4-18(17)22-7-9-23(10-8-22)19(24)13-14-11-15-5-6-16(12-14)21-15/h1-4,14-16,21H,5-13H2. The van der Waals surface area contributed by atoms with Gasteiger partial charge < -0.3 is 15.1 Å². The fraction of sp³-hybridized carbons (Fsp3) is 0.632. The van der Waals surface area contributed by atoms with Gasteiger partial charge in [0.15, 0.2) is 0 Å². The molecule has 2 bridgehead atoms. The molecule has 0 aliphatic carbocycles. The van der Waals surface area contributed by atoms with E-state index in [1.807, 2.05) is 21.9 Å². The largest absolute Gasteiger partial charge is 0.366 e. The fourth-order valence-corrected chi connectivity index (χ4v) is 4.62. The van der Waals surface area contributed by atoms with Gasteiger partial charge in [-0.05, 0) is 43.7 Å². The Morgan fingerprint density at radius 2 is 1.75 bits per heavy atom. The van der Waals surface area contributed by atoms with Gasteiger partial charge in [0, 0.05) is 44.7 Å². The first-order valence-corrected chi connectivity index (χ1v) is 9.22. The maximum atomic E-state index is 13.9. The number of piperidine rings is 1. The number of para-hydroxylation sites is 1. The highest BCUT2D eigenvalue weighted by molar-refractivity contribution is 5.76. The number of halogens is 1. The number of piperazine rings is 1. The van der Waals surface area contributed by atoms with Crippen LogP contribution in [0.5, 0.6) is 0 Å². The molecule has 2 unspecified atom stereocenters. The highest BCUT2D eigenvalue weighted by Crippen LogP contribution is 2.33. The van der Waals surface area contributed by atoms with Gasteiger partial charge in [-0.2, -0.15) is 0 Å². The summed E-state index contributed by atoms with van der Waals surface area (Å²) in [6.07, 6.45) is 5.54. The van der Waals surface area contributed by atoms with Crippen LogP contribution in [0.15, 0.2) is 24.3 Å². The van der Waals surface area contributed by atoms with Crippen LogP contribution in [0.25, 0.3) is 0 Å². The number of benzene rings is 1. The molecule has 2 atom stereocenters. The molecule has 130 valence electrons. The van der Waals surface area contributed by atoms with Gasteiger partial charge in [0.05, 0.1) is 5.69 Å². The van der Waals surface area contributed by atoms with Gasteiger partial charge >= 0.3 is 0 Å². The Morgan fingerprint density at radius 3 is 2.42 bits per heavy atom. The topological polar surface area (TPSA) is 35.6 Å². The molecule has 3 saturated heterocycles. The Kier molecular flexibility index (Phi) is 4.44. The number of hydrogen-bond acceptors (Lipinski definition) is 3. The number of carbonyl (C=O) groups excluding carboxylic acids is 1. The van der Waals surface area contributed by atoms with E-state index < -0.39 is 0 Å². The third-order valence-corrected chi connectivity index (χ3v) is 5.86. The highest BCUT2D eigenvalue weighted by Gasteiger charge is 2.35. The lowest BCUT2D eigenvalue weighted by molar-refractivity contribution is -0.132. The number of amides is 1. The molecule has 0 radical (unpaired) electrons. The Balaban J connectivity index is 1.29. The van der Waals surface area contributed by atoms with Crippen molar-refractivity contribution in [3.63, 3.8) is 0 Å². The molecule has 3 aliphatic heterocycles. The molecular formula is C19H26FN3O. The molecule has 0 spiro atoms. The molecule has 3 heterocycles. The van der Waals surface area contributed by atoms with E-state index in [0.717, 1.165) is 12.8 Å². The van der Waals surface area contributed by atoms with Crippen LogP contribution in [0.4, 0.5) is 10.1 Å². The third-order valence-electron chi connectivity index (χ3n) is 5.86. The number of fused-ring (bicyclic) bond motifs is 2. The molecule has 24 heavy (non-hydrogen) atoms. The summed E-state index contributed by atoms with van der Waals surface area (Å²) in [6, 6.07) is 8.17. The lowest BCUT2D eigenvalue weighted by atomic mass is 9.89. The van der Waals surface area contributed by atoms with Crippen LogP contribution < -0.4 is 10.2 Å². The van der Waals surface area contributed by atoms with Crippen LogP contribution in [0.2, 0.25) is 0 Å². The van der Waals surface area contributed by atoms with E-state index in [-0.39, 0.29) is 11.7 Å². The molecule has 5 heteroatoms. The second-order valence-corrected chi connectivity index (χ2v) is 7.50. The maximum Gasteiger partial charge on any atom is 0.222 e. The monoisotopic (exact) mass is 331 g/mol. The van der Waals surface area contributed by atoms with Crippen molar-refractivity contribution in [1.29, 1.82) is 0 Å². The van der Waals surface area contributed by atoms with Crippen molar-refractivity contribution in [2.45, 2.75) is 44.2 Å². The van der Waals surface area contributed by atoms with Gasteiger partial charge in [0.1, 0.15) is 5.82 Å². The number of anilines is 1. The molecule has 1 aromatic rings. The van der Waals surface area contributed by atoms with Crippen LogP contribution in [-0.4, -0.2) is 49.1 Å². The van der Waals surface area contributed by atoms with E-state index in [0.29, 0.717) is 56.3 Å². The number of hydrogen-bond donors (Lipinski definition) is 1. The number of rotatable bonds is 3. The van der Waals surface area contributed by atoms with E-state index in [1.165, 1.54) is 18.9 Å². The number of carbonyl (C=O) groups is 1. The van der Waals surface area contributed by atoms with Gasteiger partial charge in [-0.3, -0.25) is 4.79 Å². The summed E-state index contributed by atoms with van der Waals surface area (Å²) in [5.74, 6) is 0.651. The van der Waals surface area contributed by atoms with Crippen molar-refractivity contribution >= 4 is 11.6 Å². The lowest BCUT2D eigenvalue weighted by Crippen LogP contribution is -2.49. The van der Waals surface area contributed by atoms with E-state index >= 15 is 0 Å². The second-order valence-electron chi connectivity index (χ2n) is 7.50. The Morgan fingerprint density at radius 1 is 1.08 bits per heavy atom. The summed E-state index contributed by atoms with van der Waals surface area (Å²) >= 11 is 0. The van der Waals surface area contributed by atoms with Crippen LogP contribution in [-0.2, 0) is 4.79 Å². The molecule has 3 aliphatic rings. The van der Waals surface area contributed by atoms with Gasteiger partial charge in [-0.15, -0.1) is 0 Å². The molecular weight excluding hydrogens is 305 g/mol. The summed E-state index contributed by atoms with van der Waals surface area (Å²) < 4.78 is 13.9. The molecule has 0 saturated carbocycles.